The molecule has 0 saturated carbocycles. The number of amides is 2. The Kier molecular flexibility index (Phi) is 5.31. The number of carbonyl (C=O) groups is 1. The van der Waals surface area contributed by atoms with E-state index >= 15 is 0 Å². The van der Waals surface area contributed by atoms with Gasteiger partial charge in [-0.15, -0.1) is 0 Å². The Morgan fingerprint density at radius 3 is 2.43 bits per heavy atom. The first kappa shape index (κ1) is 18.1. The Bertz CT molecular complexity index is 1070. The van der Waals surface area contributed by atoms with Gasteiger partial charge in [-0.3, -0.25) is 0 Å². The summed E-state index contributed by atoms with van der Waals surface area (Å²) in [6.45, 7) is 0.477. The molecular weight excluding hydrogens is 370 g/mol. The lowest BCUT2D eigenvalue weighted by molar-refractivity contribution is 0.252. The van der Waals surface area contributed by atoms with Gasteiger partial charge in [-0.1, -0.05) is 60.1 Å². The predicted molar refractivity (Wildman–Crippen MR) is 115 cm³/mol. The van der Waals surface area contributed by atoms with Gasteiger partial charge in [-0.25, -0.2) is 4.79 Å². The van der Waals surface area contributed by atoms with Crippen LogP contribution in [0.3, 0.4) is 0 Å². The highest BCUT2D eigenvalue weighted by molar-refractivity contribution is 6.30. The summed E-state index contributed by atoms with van der Waals surface area (Å²) in [6, 6.07) is 25.2. The van der Waals surface area contributed by atoms with Crippen molar-refractivity contribution in [1.29, 1.82) is 0 Å². The maximum atomic E-state index is 12.4. The van der Waals surface area contributed by atoms with Crippen LogP contribution in [-0.2, 0) is 0 Å². The average molecular weight is 390 g/mol. The number of rotatable bonds is 5. The average Bonchev–Trinajstić information content (AvgIpc) is 3.15. The maximum absolute atomic E-state index is 12.4. The first-order chi connectivity index (χ1) is 13.7. The van der Waals surface area contributed by atoms with Crippen molar-refractivity contribution in [3.05, 3.63) is 101 Å². The zero-order valence-corrected chi connectivity index (χ0v) is 15.9. The van der Waals surface area contributed by atoms with Crippen LogP contribution in [0.25, 0.3) is 10.9 Å². The fourth-order valence-electron chi connectivity index (χ4n) is 3.38. The minimum Gasteiger partial charge on any atom is -0.361 e. The summed E-state index contributed by atoms with van der Waals surface area (Å²) in [5.74, 6) is 0.0355. The van der Waals surface area contributed by atoms with Crippen LogP contribution in [0.5, 0.6) is 0 Å². The second kappa shape index (κ2) is 8.19. The minimum absolute atomic E-state index is 0.0355. The number of halogens is 1. The van der Waals surface area contributed by atoms with E-state index in [1.54, 1.807) is 24.3 Å². The monoisotopic (exact) mass is 389 g/mol. The lowest BCUT2D eigenvalue weighted by atomic mass is 9.91. The van der Waals surface area contributed by atoms with Crippen LogP contribution >= 0.6 is 11.6 Å². The van der Waals surface area contributed by atoms with Crippen molar-refractivity contribution in [3.8, 4) is 0 Å². The molecule has 5 heteroatoms. The molecule has 3 N–H and O–H groups in total. The van der Waals surface area contributed by atoms with Crippen LogP contribution < -0.4 is 10.6 Å². The maximum Gasteiger partial charge on any atom is 0.319 e. The molecule has 4 nitrogen and oxygen atoms in total. The molecule has 2 amide bonds. The first-order valence-electron chi connectivity index (χ1n) is 9.12. The number of anilines is 1. The number of aromatic amines is 1. The van der Waals surface area contributed by atoms with Crippen molar-refractivity contribution in [2.24, 2.45) is 0 Å². The minimum atomic E-state index is -0.247. The van der Waals surface area contributed by atoms with Crippen LogP contribution in [-0.4, -0.2) is 17.6 Å². The van der Waals surface area contributed by atoms with Gasteiger partial charge >= 0.3 is 6.03 Å². The molecule has 0 radical (unpaired) electrons. The Balaban J connectivity index is 1.55. The molecule has 0 saturated heterocycles. The second-order valence-electron chi connectivity index (χ2n) is 6.59. The van der Waals surface area contributed by atoms with Gasteiger partial charge in [0.15, 0.2) is 0 Å². The summed E-state index contributed by atoms with van der Waals surface area (Å²) in [6.07, 6.45) is 2.03. The third-order valence-electron chi connectivity index (χ3n) is 4.77. The van der Waals surface area contributed by atoms with Gasteiger partial charge in [0, 0.05) is 40.3 Å². The van der Waals surface area contributed by atoms with Gasteiger partial charge in [0.2, 0.25) is 0 Å². The van der Waals surface area contributed by atoms with Crippen molar-refractivity contribution in [2.45, 2.75) is 5.92 Å². The number of urea groups is 1. The molecule has 0 bridgehead atoms. The molecule has 0 aliphatic carbocycles. The highest BCUT2D eigenvalue weighted by atomic mass is 35.5. The Morgan fingerprint density at radius 1 is 0.929 bits per heavy atom. The standard InChI is InChI=1S/C23H20ClN3O/c24-17-10-12-18(13-11-17)27-23(28)26-14-20(16-6-2-1-3-7-16)21-15-25-22-9-5-4-8-19(21)22/h1-13,15,20,25H,14H2,(H2,26,27,28)/t20-/m0/s1. The number of hydrogen-bond acceptors (Lipinski definition) is 1. The summed E-state index contributed by atoms with van der Waals surface area (Å²) in [5.41, 5.74) is 4.10. The van der Waals surface area contributed by atoms with Crippen molar-refractivity contribution in [2.75, 3.05) is 11.9 Å². The Hall–Kier alpha value is -3.24. The summed E-state index contributed by atoms with van der Waals surface area (Å²) in [7, 11) is 0. The van der Waals surface area contributed by atoms with Gasteiger partial charge in [0.1, 0.15) is 0 Å². The second-order valence-corrected chi connectivity index (χ2v) is 7.03. The molecule has 1 atom stereocenters. The Morgan fingerprint density at radius 2 is 1.64 bits per heavy atom. The molecule has 0 unspecified atom stereocenters. The van der Waals surface area contributed by atoms with E-state index in [0.29, 0.717) is 17.3 Å². The summed E-state index contributed by atoms with van der Waals surface area (Å²) in [5, 5.41) is 7.64. The third kappa shape index (κ3) is 4.02. The van der Waals surface area contributed by atoms with Crippen LogP contribution in [0.2, 0.25) is 5.02 Å². The zero-order chi connectivity index (χ0) is 19.3. The topological polar surface area (TPSA) is 56.9 Å². The van der Waals surface area contributed by atoms with E-state index in [-0.39, 0.29) is 11.9 Å². The molecule has 1 heterocycles. The fourth-order valence-corrected chi connectivity index (χ4v) is 3.50. The molecule has 3 aromatic carbocycles. The molecular formula is C23H20ClN3O. The van der Waals surface area contributed by atoms with Crippen molar-refractivity contribution in [1.82, 2.24) is 10.3 Å². The number of benzene rings is 3. The molecule has 0 aliphatic rings. The molecule has 0 fully saturated rings. The van der Waals surface area contributed by atoms with E-state index in [1.807, 2.05) is 36.5 Å². The number of carbonyl (C=O) groups excluding carboxylic acids is 1. The summed E-state index contributed by atoms with van der Waals surface area (Å²) >= 11 is 5.89. The van der Waals surface area contributed by atoms with Gasteiger partial charge in [0.05, 0.1) is 0 Å². The number of H-pyrrole nitrogens is 1. The molecule has 4 rings (SSSR count). The molecule has 1 aromatic heterocycles. The molecule has 4 aromatic rings. The lowest BCUT2D eigenvalue weighted by Gasteiger charge is -2.18. The number of nitrogens with one attached hydrogen (secondary N) is 3. The normalized spacial score (nSPS) is 11.9. The lowest BCUT2D eigenvalue weighted by Crippen LogP contribution is -2.32. The number of fused-ring (bicyclic) bond motifs is 1. The van der Waals surface area contributed by atoms with Crippen molar-refractivity contribution < 1.29 is 4.79 Å². The number of hydrogen-bond donors (Lipinski definition) is 3. The predicted octanol–water partition coefficient (Wildman–Crippen LogP) is 5.77. The first-order valence-corrected chi connectivity index (χ1v) is 9.50. The van der Waals surface area contributed by atoms with Gasteiger partial charge < -0.3 is 15.6 Å². The van der Waals surface area contributed by atoms with Crippen LogP contribution in [0.4, 0.5) is 10.5 Å². The van der Waals surface area contributed by atoms with Crippen LogP contribution in [0.1, 0.15) is 17.0 Å². The van der Waals surface area contributed by atoms with E-state index in [2.05, 4.69) is 39.9 Å². The molecule has 28 heavy (non-hydrogen) atoms. The summed E-state index contributed by atoms with van der Waals surface area (Å²) in [4.78, 5) is 15.7. The quantitative estimate of drug-likeness (QED) is 0.398. The Labute approximate surface area is 168 Å². The van der Waals surface area contributed by atoms with Crippen molar-refractivity contribution >= 4 is 34.2 Å². The third-order valence-corrected chi connectivity index (χ3v) is 5.02. The van der Waals surface area contributed by atoms with E-state index in [4.69, 9.17) is 11.6 Å². The smallest absolute Gasteiger partial charge is 0.319 e. The number of para-hydroxylation sites is 1. The van der Waals surface area contributed by atoms with Crippen LogP contribution in [0.15, 0.2) is 85.1 Å². The molecule has 0 spiro atoms. The van der Waals surface area contributed by atoms with E-state index in [0.717, 1.165) is 22.0 Å². The fraction of sp³-hybridized carbons (Fsp3) is 0.0870. The van der Waals surface area contributed by atoms with Crippen LogP contribution in [0, 0.1) is 0 Å². The summed E-state index contributed by atoms with van der Waals surface area (Å²) < 4.78 is 0. The SMILES string of the molecule is O=C(NC[C@@H](c1ccccc1)c1c[nH]c2ccccc12)Nc1ccc(Cl)cc1. The highest BCUT2D eigenvalue weighted by Crippen LogP contribution is 2.30. The van der Waals surface area contributed by atoms with E-state index in [9.17, 15) is 4.79 Å². The van der Waals surface area contributed by atoms with Gasteiger partial charge in [-0.05, 0) is 41.5 Å². The highest BCUT2D eigenvalue weighted by Gasteiger charge is 2.19. The molecule has 0 aliphatic heterocycles. The van der Waals surface area contributed by atoms with Crippen molar-refractivity contribution in [3.63, 3.8) is 0 Å². The van der Waals surface area contributed by atoms with Gasteiger partial charge in [0.25, 0.3) is 0 Å². The van der Waals surface area contributed by atoms with E-state index in [1.165, 1.54) is 0 Å². The number of aromatic nitrogens is 1. The molecule has 140 valence electrons. The van der Waals surface area contributed by atoms with Gasteiger partial charge in [-0.2, -0.15) is 0 Å². The largest absolute Gasteiger partial charge is 0.361 e. The van der Waals surface area contributed by atoms with E-state index < -0.39 is 0 Å². The zero-order valence-electron chi connectivity index (χ0n) is 15.2.